The minimum Gasteiger partial charge on any atom is -0.481 e. The van der Waals surface area contributed by atoms with Gasteiger partial charge in [-0.25, -0.2) is 0 Å². The lowest BCUT2D eigenvalue weighted by Gasteiger charge is -2.14. The second kappa shape index (κ2) is 5.57. The number of aliphatic hydroxyl groups is 2. The molecule has 0 radical (unpaired) electrons. The molecule has 0 spiro atoms. The third-order valence-corrected chi connectivity index (χ3v) is 2.84. The zero-order valence-corrected chi connectivity index (χ0v) is 10.6. The number of carbonyl (C=O) groups is 1. The standard InChI is InChI=1S/C9H11N3O4.C2H4O2/c10-5-1-2-12-8-7(16-9(12)11-5)6(14)4(3-13)15-8;1-2(3)4/h1-2,4,6-8,10,13-14H,3H2;1H3,(H,3,4). The Balaban J connectivity index is 0.000000328. The SMILES string of the molecule is CC(=O)O.N=c1ccn2c(n1)OC1C(O)C(CO)OC12. The average Bonchev–Trinajstić information content (AvgIpc) is 2.85. The van der Waals surface area contributed by atoms with Crippen molar-refractivity contribution in [1.82, 2.24) is 9.55 Å². The number of aliphatic carboxylic acids is 1. The summed E-state index contributed by atoms with van der Waals surface area (Å²) in [5, 5.41) is 33.6. The normalized spacial score (nSPS) is 29.8. The van der Waals surface area contributed by atoms with Crippen molar-refractivity contribution >= 4 is 5.97 Å². The molecule has 4 N–H and O–H groups in total. The van der Waals surface area contributed by atoms with Crippen molar-refractivity contribution in [1.29, 1.82) is 5.41 Å². The predicted octanol–water partition coefficient (Wildman–Crippen LogP) is -1.53. The van der Waals surface area contributed by atoms with Crippen molar-refractivity contribution in [2.45, 2.75) is 31.5 Å². The Morgan fingerprint density at radius 1 is 1.60 bits per heavy atom. The second-order valence-electron chi connectivity index (χ2n) is 4.34. The zero-order valence-electron chi connectivity index (χ0n) is 10.6. The molecule has 0 aliphatic carbocycles. The van der Waals surface area contributed by atoms with Crippen LogP contribution in [0.15, 0.2) is 12.3 Å². The highest BCUT2D eigenvalue weighted by atomic mass is 16.6. The van der Waals surface area contributed by atoms with Gasteiger partial charge in [0.05, 0.1) is 6.61 Å². The molecule has 1 aromatic heterocycles. The van der Waals surface area contributed by atoms with E-state index in [0.717, 1.165) is 6.92 Å². The van der Waals surface area contributed by atoms with Crippen LogP contribution >= 0.6 is 0 Å². The van der Waals surface area contributed by atoms with E-state index in [1.165, 1.54) is 6.07 Å². The number of ether oxygens (including phenoxy) is 2. The molecule has 3 heterocycles. The van der Waals surface area contributed by atoms with Crippen LogP contribution in [-0.2, 0) is 9.53 Å². The second-order valence-corrected chi connectivity index (χ2v) is 4.34. The summed E-state index contributed by atoms with van der Waals surface area (Å²) in [4.78, 5) is 12.9. The lowest BCUT2D eigenvalue weighted by Crippen LogP contribution is -2.34. The zero-order chi connectivity index (χ0) is 14.9. The monoisotopic (exact) mass is 285 g/mol. The van der Waals surface area contributed by atoms with E-state index >= 15 is 0 Å². The number of nitrogens with one attached hydrogen (secondary N) is 1. The summed E-state index contributed by atoms with van der Waals surface area (Å²) in [6, 6.07) is 1.77. The van der Waals surface area contributed by atoms with E-state index in [-0.39, 0.29) is 18.1 Å². The van der Waals surface area contributed by atoms with Gasteiger partial charge in [0.1, 0.15) is 12.2 Å². The van der Waals surface area contributed by atoms with E-state index in [4.69, 9.17) is 29.9 Å². The Labute approximate surface area is 113 Å². The fourth-order valence-corrected chi connectivity index (χ4v) is 2.04. The number of fused-ring (bicyclic) bond motifs is 3. The predicted molar refractivity (Wildman–Crippen MR) is 62.8 cm³/mol. The summed E-state index contributed by atoms with van der Waals surface area (Å²) >= 11 is 0. The van der Waals surface area contributed by atoms with E-state index in [1.807, 2.05) is 0 Å². The van der Waals surface area contributed by atoms with Crippen molar-refractivity contribution in [3.8, 4) is 6.01 Å². The van der Waals surface area contributed by atoms with E-state index in [2.05, 4.69) is 4.98 Å². The van der Waals surface area contributed by atoms with Gasteiger partial charge in [0.2, 0.25) is 0 Å². The maximum absolute atomic E-state index is 9.80. The number of carboxylic acid groups (broad SMARTS) is 1. The molecule has 0 aromatic carbocycles. The molecule has 3 rings (SSSR count). The van der Waals surface area contributed by atoms with Gasteiger partial charge in [-0.2, -0.15) is 4.98 Å². The molecule has 0 bridgehead atoms. The number of nitrogens with zero attached hydrogens (tertiary/aromatic N) is 2. The highest BCUT2D eigenvalue weighted by Crippen LogP contribution is 2.38. The molecule has 4 unspecified atom stereocenters. The molecule has 0 saturated carbocycles. The molecule has 9 nitrogen and oxygen atoms in total. The number of aliphatic hydroxyl groups excluding tert-OH is 2. The lowest BCUT2D eigenvalue weighted by molar-refractivity contribution is -0.134. The van der Waals surface area contributed by atoms with Crippen LogP contribution in [0.3, 0.4) is 0 Å². The minimum atomic E-state index is -0.883. The maximum atomic E-state index is 9.80. The Morgan fingerprint density at radius 2 is 2.25 bits per heavy atom. The topological polar surface area (TPSA) is 138 Å². The Morgan fingerprint density at radius 3 is 2.85 bits per heavy atom. The van der Waals surface area contributed by atoms with Gasteiger partial charge in [0.25, 0.3) is 5.97 Å². The third kappa shape index (κ3) is 2.64. The summed E-state index contributed by atoms with van der Waals surface area (Å²) in [7, 11) is 0. The number of aromatic nitrogens is 2. The first-order valence-corrected chi connectivity index (χ1v) is 5.88. The average molecular weight is 285 g/mol. The molecule has 0 amide bonds. The molecule has 9 heteroatoms. The first-order valence-electron chi connectivity index (χ1n) is 5.88. The van der Waals surface area contributed by atoms with Crippen molar-refractivity contribution in [2.75, 3.05) is 6.61 Å². The van der Waals surface area contributed by atoms with Crippen molar-refractivity contribution < 1.29 is 29.6 Å². The molecule has 4 atom stereocenters. The summed E-state index contributed by atoms with van der Waals surface area (Å²) in [6.07, 6.45) is -0.930. The van der Waals surface area contributed by atoms with Crippen LogP contribution in [0.4, 0.5) is 0 Å². The Kier molecular flexibility index (Phi) is 4.02. The van der Waals surface area contributed by atoms with Crippen LogP contribution in [0.25, 0.3) is 0 Å². The smallest absolute Gasteiger partial charge is 0.301 e. The van der Waals surface area contributed by atoms with Gasteiger partial charge in [0.15, 0.2) is 17.8 Å². The number of rotatable bonds is 1. The van der Waals surface area contributed by atoms with Crippen molar-refractivity contribution in [3.05, 3.63) is 17.8 Å². The highest BCUT2D eigenvalue weighted by molar-refractivity contribution is 5.62. The van der Waals surface area contributed by atoms with Crippen molar-refractivity contribution in [3.63, 3.8) is 0 Å². The number of carboxylic acids is 1. The van der Waals surface area contributed by atoms with E-state index < -0.39 is 30.5 Å². The first kappa shape index (κ1) is 14.4. The summed E-state index contributed by atoms with van der Waals surface area (Å²) in [5.74, 6) is -0.833. The van der Waals surface area contributed by atoms with Gasteiger partial charge in [-0.1, -0.05) is 0 Å². The molecule has 110 valence electrons. The first-order chi connectivity index (χ1) is 9.43. The van der Waals surface area contributed by atoms with E-state index in [9.17, 15) is 5.11 Å². The van der Waals surface area contributed by atoms with Crippen LogP contribution in [0, 0.1) is 5.41 Å². The van der Waals surface area contributed by atoms with Gasteiger partial charge in [-0.15, -0.1) is 0 Å². The number of hydrogen-bond donors (Lipinski definition) is 4. The Hall–Kier alpha value is -1.97. The molecular formula is C11H15N3O6. The van der Waals surface area contributed by atoms with Gasteiger partial charge < -0.3 is 24.8 Å². The summed E-state index contributed by atoms with van der Waals surface area (Å²) in [5.41, 5.74) is 0.0967. The summed E-state index contributed by atoms with van der Waals surface area (Å²) < 4.78 is 12.5. The van der Waals surface area contributed by atoms with Crippen LogP contribution < -0.4 is 10.2 Å². The largest absolute Gasteiger partial charge is 0.481 e. The van der Waals surface area contributed by atoms with Gasteiger partial charge in [-0.3, -0.25) is 14.8 Å². The molecule has 2 aliphatic rings. The molecule has 1 saturated heterocycles. The number of hydrogen-bond acceptors (Lipinski definition) is 7. The fraction of sp³-hybridized carbons (Fsp3) is 0.545. The molecule has 1 aromatic rings. The minimum absolute atomic E-state index is 0.0967. The van der Waals surface area contributed by atoms with Crippen LogP contribution in [0.1, 0.15) is 13.2 Å². The van der Waals surface area contributed by atoms with Crippen LogP contribution in [0.5, 0.6) is 6.01 Å². The van der Waals surface area contributed by atoms with Gasteiger partial charge >= 0.3 is 6.01 Å². The van der Waals surface area contributed by atoms with E-state index in [0.29, 0.717) is 0 Å². The molecular weight excluding hydrogens is 270 g/mol. The van der Waals surface area contributed by atoms with Crippen LogP contribution in [0.2, 0.25) is 0 Å². The maximum Gasteiger partial charge on any atom is 0.301 e. The lowest BCUT2D eigenvalue weighted by atomic mass is 10.1. The highest BCUT2D eigenvalue weighted by Gasteiger charge is 2.50. The third-order valence-electron chi connectivity index (χ3n) is 2.84. The van der Waals surface area contributed by atoms with Gasteiger partial charge in [0, 0.05) is 13.1 Å². The van der Waals surface area contributed by atoms with Crippen molar-refractivity contribution in [2.24, 2.45) is 0 Å². The summed E-state index contributed by atoms with van der Waals surface area (Å²) in [6.45, 7) is 0.831. The molecule has 2 aliphatic heterocycles. The van der Waals surface area contributed by atoms with Crippen LogP contribution in [-0.4, -0.2) is 55.8 Å². The molecule has 20 heavy (non-hydrogen) atoms. The quantitative estimate of drug-likeness (QED) is 0.491. The fourth-order valence-electron chi connectivity index (χ4n) is 2.04. The van der Waals surface area contributed by atoms with E-state index in [1.54, 1.807) is 10.8 Å². The Bertz CT molecular complexity index is 555. The van der Waals surface area contributed by atoms with Gasteiger partial charge in [-0.05, 0) is 6.07 Å². The molecule has 1 fully saturated rings.